The summed E-state index contributed by atoms with van der Waals surface area (Å²) in [7, 11) is 0. The number of aromatic nitrogens is 2. The highest BCUT2D eigenvalue weighted by Crippen LogP contribution is 2.10. The molecule has 0 aliphatic heterocycles. The first-order valence-electron chi connectivity index (χ1n) is 3.54. The van der Waals surface area contributed by atoms with Crippen LogP contribution >= 0.6 is 0 Å². The Hall–Kier alpha value is -1.32. The summed E-state index contributed by atoms with van der Waals surface area (Å²) >= 11 is 0. The van der Waals surface area contributed by atoms with Crippen molar-refractivity contribution in [2.75, 3.05) is 5.32 Å². The zero-order valence-corrected chi connectivity index (χ0v) is 6.64. The minimum Gasteiger partial charge on any atom is -0.311 e. The van der Waals surface area contributed by atoms with Gasteiger partial charge in [0.2, 0.25) is 5.91 Å². The van der Waals surface area contributed by atoms with Gasteiger partial charge in [0.1, 0.15) is 5.82 Å². The SMILES string of the molecule is CCc1cn[nH]c1NC(C)=O. The van der Waals surface area contributed by atoms with Crippen LogP contribution in [0, 0.1) is 0 Å². The van der Waals surface area contributed by atoms with Gasteiger partial charge in [0.15, 0.2) is 0 Å². The van der Waals surface area contributed by atoms with E-state index < -0.39 is 0 Å². The van der Waals surface area contributed by atoms with Gasteiger partial charge in [-0.3, -0.25) is 9.89 Å². The fourth-order valence-electron chi connectivity index (χ4n) is 0.863. The lowest BCUT2D eigenvalue weighted by Gasteiger charge is -1.98. The number of amides is 1. The van der Waals surface area contributed by atoms with Crippen molar-refractivity contribution in [1.29, 1.82) is 0 Å². The second-order valence-corrected chi connectivity index (χ2v) is 2.30. The predicted octanol–water partition coefficient (Wildman–Crippen LogP) is 0.930. The summed E-state index contributed by atoms with van der Waals surface area (Å²) < 4.78 is 0. The van der Waals surface area contributed by atoms with Crippen LogP contribution in [0.1, 0.15) is 19.4 Å². The lowest BCUT2D eigenvalue weighted by molar-refractivity contribution is -0.114. The van der Waals surface area contributed by atoms with Crippen molar-refractivity contribution in [2.24, 2.45) is 0 Å². The number of rotatable bonds is 2. The van der Waals surface area contributed by atoms with Gasteiger partial charge >= 0.3 is 0 Å². The summed E-state index contributed by atoms with van der Waals surface area (Å²) in [6.45, 7) is 3.48. The van der Waals surface area contributed by atoms with E-state index in [1.54, 1.807) is 6.20 Å². The molecule has 1 aromatic heterocycles. The zero-order valence-electron chi connectivity index (χ0n) is 6.64. The average Bonchev–Trinajstić information content (AvgIpc) is 2.34. The van der Waals surface area contributed by atoms with Gasteiger partial charge in [-0.25, -0.2) is 0 Å². The lowest BCUT2D eigenvalue weighted by Crippen LogP contribution is -2.07. The van der Waals surface area contributed by atoms with E-state index in [4.69, 9.17) is 0 Å². The monoisotopic (exact) mass is 153 g/mol. The second-order valence-electron chi connectivity index (χ2n) is 2.30. The Bertz CT molecular complexity index is 254. The summed E-state index contributed by atoms with van der Waals surface area (Å²) in [6.07, 6.45) is 2.58. The molecule has 0 aliphatic rings. The molecule has 0 aliphatic carbocycles. The third-order valence-corrected chi connectivity index (χ3v) is 1.40. The number of anilines is 1. The highest BCUT2D eigenvalue weighted by Gasteiger charge is 2.02. The number of carbonyl (C=O) groups is 1. The first-order valence-corrected chi connectivity index (χ1v) is 3.54. The molecule has 0 radical (unpaired) electrons. The van der Waals surface area contributed by atoms with Crippen LogP contribution in [-0.2, 0) is 11.2 Å². The van der Waals surface area contributed by atoms with E-state index in [-0.39, 0.29) is 5.91 Å². The van der Waals surface area contributed by atoms with Crippen molar-refractivity contribution in [2.45, 2.75) is 20.3 Å². The number of carbonyl (C=O) groups excluding carboxylic acids is 1. The molecule has 0 saturated heterocycles. The van der Waals surface area contributed by atoms with Crippen molar-refractivity contribution in [3.63, 3.8) is 0 Å². The Morgan fingerprint density at radius 1 is 1.82 bits per heavy atom. The molecular weight excluding hydrogens is 142 g/mol. The topological polar surface area (TPSA) is 57.8 Å². The van der Waals surface area contributed by atoms with Crippen LogP contribution in [0.15, 0.2) is 6.20 Å². The fourth-order valence-corrected chi connectivity index (χ4v) is 0.863. The Morgan fingerprint density at radius 2 is 2.55 bits per heavy atom. The lowest BCUT2D eigenvalue weighted by atomic mass is 10.2. The van der Waals surface area contributed by atoms with Gasteiger partial charge < -0.3 is 5.32 Å². The number of aryl methyl sites for hydroxylation is 1. The summed E-state index contributed by atoms with van der Waals surface area (Å²) in [4.78, 5) is 10.6. The standard InChI is InChI=1S/C7H11N3O/c1-3-6-4-8-10-7(6)9-5(2)11/h4H,3H2,1-2H3,(H2,8,9,10,11). The molecule has 4 heteroatoms. The molecule has 0 unspecified atom stereocenters. The molecule has 0 atom stereocenters. The van der Waals surface area contributed by atoms with Crippen molar-refractivity contribution in [1.82, 2.24) is 10.2 Å². The molecule has 2 N–H and O–H groups in total. The van der Waals surface area contributed by atoms with Gasteiger partial charge in [0.25, 0.3) is 0 Å². The summed E-state index contributed by atoms with van der Waals surface area (Å²) in [5.41, 5.74) is 1.03. The Morgan fingerprint density at radius 3 is 3.09 bits per heavy atom. The van der Waals surface area contributed by atoms with Crippen molar-refractivity contribution in [3.05, 3.63) is 11.8 Å². The molecular formula is C7H11N3O. The van der Waals surface area contributed by atoms with E-state index >= 15 is 0 Å². The molecule has 1 heterocycles. The smallest absolute Gasteiger partial charge is 0.222 e. The zero-order chi connectivity index (χ0) is 8.27. The van der Waals surface area contributed by atoms with Gasteiger partial charge in [-0.05, 0) is 6.42 Å². The molecule has 0 fully saturated rings. The van der Waals surface area contributed by atoms with Crippen molar-refractivity contribution in [3.8, 4) is 0 Å². The largest absolute Gasteiger partial charge is 0.311 e. The van der Waals surface area contributed by atoms with Gasteiger partial charge in [0.05, 0.1) is 6.20 Å². The number of nitrogens with one attached hydrogen (secondary N) is 2. The molecule has 0 aromatic carbocycles. The molecule has 4 nitrogen and oxygen atoms in total. The summed E-state index contributed by atoms with van der Waals surface area (Å²) in [5, 5.41) is 9.16. The van der Waals surface area contributed by atoms with E-state index in [2.05, 4.69) is 15.5 Å². The highest BCUT2D eigenvalue weighted by molar-refractivity contribution is 5.88. The fraction of sp³-hybridized carbons (Fsp3) is 0.429. The van der Waals surface area contributed by atoms with Crippen LogP contribution in [0.4, 0.5) is 5.82 Å². The van der Waals surface area contributed by atoms with Gasteiger partial charge in [0, 0.05) is 12.5 Å². The van der Waals surface area contributed by atoms with Gasteiger partial charge in [-0.15, -0.1) is 0 Å². The normalized spacial score (nSPS) is 9.64. The maximum Gasteiger partial charge on any atom is 0.222 e. The summed E-state index contributed by atoms with van der Waals surface area (Å²) in [6, 6.07) is 0. The van der Waals surface area contributed by atoms with Crippen LogP contribution in [0.2, 0.25) is 0 Å². The van der Waals surface area contributed by atoms with Gasteiger partial charge in [-0.1, -0.05) is 6.92 Å². The first kappa shape index (κ1) is 7.78. The minimum absolute atomic E-state index is 0.0797. The third-order valence-electron chi connectivity index (χ3n) is 1.40. The molecule has 0 bridgehead atoms. The minimum atomic E-state index is -0.0797. The van der Waals surface area contributed by atoms with E-state index in [0.29, 0.717) is 5.82 Å². The molecule has 60 valence electrons. The molecule has 1 amide bonds. The van der Waals surface area contributed by atoms with Crippen LogP contribution in [0.3, 0.4) is 0 Å². The number of hydrogen-bond acceptors (Lipinski definition) is 2. The predicted molar refractivity (Wildman–Crippen MR) is 42.3 cm³/mol. The molecule has 11 heavy (non-hydrogen) atoms. The molecule has 0 spiro atoms. The Labute approximate surface area is 65.0 Å². The summed E-state index contributed by atoms with van der Waals surface area (Å²) in [5.74, 6) is 0.629. The van der Waals surface area contributed by atoms with Gasteiger partial charge in [-0.2, -0.15) is 5.10 Å². The second kappa shape index (κ2) is 3.18. The first-order chi connectivity index (χ1) is 5.24. The van der Waals surface area contributed by atoms with Crippen LogP contribution in [-0.4, -0.2) is 16.1 Å². The Kier molecular flexibility index (Phi) is 2.25. The van der Waals surface area contributed by atoms with Crippen molar-refractivity contribution < 1.29 is 4.79 Å². The third kappa shape index (κ3) is 1.80. The maximum absolute atomic E-state index is 10.6. The van der Waals surface area contributed by atoms with E-state index in [9.17, 15) is 4.79 Å². The van der Waals surface area contributed by atoms with Crippen LogP contribution in [0.25, 0.3) is 0 Å². The number of nitrogens with zero attached hydrogens (tertiary/aromatic N) is 1. The van der Waals surface area contributed by atoms with E-state index in [1.807, 2.05) is 6.92 Å². The number of hydrogen-bond donors (Lipinski definition) is 2. The number of H-pyrrole nitrogens is 1. The quantitative estimate of drug-likeness (QED) is 0.664. The van der Waals surface area contributed by atoms with E-state index in [1.165, 1.54) is 6.92 Å². The highest BCUT2D eigenvalue weighted by atomic mass is 16.1. The number of aromatic amines is 1. The molecule has 1 rings (SSSR count). The Balaban J connectivity index is 2.76. The van der Waals surface area contributed by atoms with Crippen LogP contribution in [0.5, 0.6) is 0 Å². The molecule has 0 saturated carbocycles. The molecule has 1 aromatic rings. The van der Waals surface area contributed by atoms with Crippen LogP contribution < -0.4 is 5.32 Å². The maximum atomic E-state index is 10.6. The average molecular weight is 153 g/mol. The van der Waals surface area contributed by atoms with E-state index in [0.717, 1.165) is 12.0 Å². The van der Waals surface area contributed by atoms with Crippen molar-refractivity contribution >= 4 is 11.7 Å².